The van der Waals surface area contributed by atoms with Crippen LogP contribution in [0.25, 0.3) is 0 Å². The lowest BCUT2D eigenvalue weighted by Gasteiger charge is -2.38. The van der Waals surface area contributed by atoms with Crippen molar-refractivity contribution in [3.05, 3.63) is 30.1 Å². The van der Waals surface area contributed by atoms with E-state index in [1.54, 1.807) is 12.1 Å². The van der Waals surface area contributed by atoms with E-state index in [4.69, 9.17) is 4.74 Å². The molecule has 1 aromatic carbocycles. The van der Waals surface area contributed by atoms with E-state index in [-0.39, 0.29) is 17.6 Å². The molecule has 1 atom stereocenters. The third-order valence-corrected chi connectivity index (χ3v) is 4.29. The molecule has 2 heterocycles. The summed E-state index contributed by atoms with van der Waals surface area (Å²) in [6.07, 6.45) is 1.92. The highest BCUT2D eigenvalue weighted by molar-refractivity contribution is 5.79. The molecule has 0 bridgehead atoms. The van der Waals surface area contributed by atoms with E-state index in [2.05, 4.69) is 4.90 Å². The van der Waals surface area contributed by atoms with Crippen molar-refractivity contribution in [2.45, 2.75) is 12.8 Å². The van der Waals surface area contributed by atoms with Crippen LogP contribution in [0.5, 0.6) is 0 Å². The van der Waals surface area contributed by atoms with Gasteiger partial charge in [-0.1, -0.05) is 0 Å². The molecule has 0 spiro atoms. The average Bonchev–Trinajstić information content (AvgIpc) is 2.56. The summed E-state index contributed by atoms with van der Waals surface area (Å²) in [4.78, 5) is 16.6. The highest BCUT2D eigenvalue weighted by Gasteiger charge is 2.28. The summed E-state index contributed by atoms with van der Waals surface area (Å²) >= 11 is 0. The van der Waals surface area contributed by atoms with Crippen molar-refractivity contribution in [3.8, 4) is 0 Å². The molecule has 1 unspecified atom stereocenters. The molecule has 1 amide bonds. The van der Waals surface area contributed by atoms with Gasteiger partial charge >= 0.3 is 0 Å². The zero-order valence-corrected chi connectivity index (χ0v) is 12.1. The number of nitrogens with zero attached hydrogens (tertiary/aromatic N) is 2. The largest absolute Gasteiger partial charge is 0.381 e. The SMILES string of the molecule is O=C(C1CCCOC1)N1CCN(c2ccc(F)cc2)CC1. The lowest BCUT2D eigenvalue weighted by Crippen LogP contribution is -2.51. The molecule has 0 N–H and O–H groups in total. The number of amides is 1. The monoisotopic (exact) mass is 292 g/mol. The minimum Gasteiger partial charge on any atom is -0.381 e. The first-order valence-electron chi connectivity index (χ1n) is 7.61. The van der Waals surface area contributed by atoms with Gasteiger partial charge in [0.1, 0.15) is 5.82 Å². The number of halogens is 1. The van der Waals surface area contributed by atoms with Gasteiger partial charge in [0, 0.05) is 38.5 Å². The van der Waals surface area contributed by atoms with Crippen molar-refractivity contribution in [2.24, 2.45) is 5.92 Å². The smallest absolute Gasteiger partial charge is 0.228 e. The van der Waals surface area contributed by atoms with E-state index in [1.165, 1.54) is 12.1 Å². The van der Waals surface area contributed by atoms with Gasteiger partial charge in [-0.25, -0.2) is 4.39 Å². The van der Waals surface area contributed by atoms with E-state index in [0.29, 0.717) is 6.61 Å². The molecule has 5 heteroatoms. The Labute approximate surface area is 124 Å². The van der Waals surface area contributed by atoms with Gasteiger partial charge in [0.05, 0.1) is 12.5 Å². The van der Waals surface area contributed by atoms with Crippen molar-refractivity contribution in [1.29, 1.82) is 0 Å². The van der Waals surface area contributed by atoms with Gasteiger partial charge in [-0.2, -0.15) is 0 Å². The molecule has 2 aliphatic heterocycles. The first-order chi connectivity index (χ1) is 10.2. The molecule has 1 aromatic rings. The number of anilines is 1. The van der Waals surface area contributed by atoms with Crippen molar-refractivity contribution >= 4 is 11.6 Å². The van der Waals surface area contributed by atoms with Crippen LogP contribution in [0.3, 0.4) is 0 Å². The quantitative estimate of drug-likeness (QED) is 0.834. The molecular formula is C16H21FN2O2. The summed E-state index contributed by atoms with van der Waals surface area (Å²) < 4.78 is 18.3. The van der Waals surface area contributed by atoms with E-state index < -0.39 is 0 Å². The van der Waals surface area contributed by atoms with Crippen molar-refractivity contribution < 1.29 is 13.9 Å². The Morgan fingerprint density at radius 1 is 1.14 bits per heavy atom. The molecule has 2 fully saturated rings. The van der Waals surface area contributed by atoms with E-state index in [1.807, 2.05) is 4.90 Å². The van der Waals surface area contributed by atoms with Crippen molar-refractivity contribution in [1.82, 2.24) is 4.90 Å². The summed E-state index contributed by atoms with van der Waals surface area (Å²) in [6.45, 7) is 4.40. The Morgan fingerprint density at radius 2 is 1.86 bits per heavy atom. The molecule has 2 aliphatic rings. The Morgan fingerprint density at radius 3 is 2.48 bits per heavy atom. The third-order valence-electron chi connectivity index (χ3n) is 4.29. The van der Waals surface area contributed by atoms with Crippen molar-refractivity contribution in [3.63, 3.8) is 0 Å². The first kappa shape index (κ1) is 14.3. The van der Waals surface area contributed by atoms with Crippen LogP contribution < -0.4 is 4.90 Å². The molecular weight excluding hydrogens is 271 g/mol. The van der Waals surface area contributed by atoms with Crippen LogP contribution in [0.2, 0.25) is 0 Å². The fraction of sp³-hybridized carbons (Fsp3) is 0.562. The predicted molar refractivity (Wildman–Crippen MR) is 78.7 cm³/mol. The maximum atomic E-state index is 12.9. The first-order valence-corrected chi connectivity index (χ1v) is 7.61. The van der Waals surface area contributed by atoms with Crippen LogP contribution in [0.4, 0.5) is 10.1 Å². The Kier molecular flexibility index (Phi) is 4.39. The van der Waals surface area contributed by atoms with Crippen LogP contribution in [0.15, 0.2) is 24.3 Å². The standard InChI is InChI=1S/C16H21FN2O2/c17-14-3-5-15(6-4-14)18-7-9-19(10-8-18)16(20)13-2-1-11-21-12-13/h3-6,13H,1-2,7-12H2. The van der Waals surface area contributed by atoms with Gasteiger partial charge in [0.25, 0.3) is 0 Å². The molecule has 21 heavy (non-hydrogen) atoms. The van der Waals surface area contributed by atoms with Gasteiger partial charge in [0.15, 0.2) is 0 Å². The Hall–Kier alpha value is -1.62. The fourth-order valence-corrected chi connectivity index (χ4v) is 3.03. The van der Waals surface area contributed by atoms with Gasteiger partial charge in [-0.3, -0.25) is 4.79 Å². The third kappa shape index (κ3) is 3.35. The normalized spacial score (nSPS) is 23.2. The number of carbonyl (C=O) groups is 1. The Balaban J connectivity index is 1.54. The number of hydrogen-bond donors (Lipinski definition) is 0. The van der Waals surface area contributed by atoms with E-state index in [9.17, 15) is 9.18 Å². The molecule has 2 saturated heterocycles. The molecule has 0 radical (unpaired) electrons. The minimum absolute atomic E-state index is 0.0381. The summed E-state index contributed by atoms with van der Waals surface area (Å²) in [7, 11) is 0. The predicted octanol–water partition coefficient (Wildman–Crippen LogP) is 1.90. The zero-order chi connectivity index (χ0) is 14.7. The number of ether oxygens (including phenoxy) is 1. The van der Waals surface area contributed by atoms with Crippen LogP contribution in [-0.2, 0) is 9.53 Å². The Bertz CT molecular complexity index is 478. The molecule has 114 valence electrons. The van der Waals surface area contributed by atoms with Crippen LogP contribution in [0, 0.1) is 11.7 Å². The zero-order valence-electron chi connectivity index (χ0n) is 12.1. The summed E-state index contributed by atoms with van der Waals surface area (Å²) in [5, 5.41) is 0. The van der Waals surface area contributed by atoms with E-state index >= 15 is 0 Å². The molecule has 0 aromatic heterocycles. The van der Waals surface area contributed by atoms with Crippen LogP contribution in [0.1, 0.15) is 12.8 Å². The summed E-state index contributed by atoms with van der Waals surface area (Å²) in [6, 6.07) is 6.54. The molecule has 0 aliphatic carbocycles. The van der Waals surface area contributed by atoms with E-state index in [0.717, 1.165) is 51.3 Å². The van der Waals surface area contributed by atoms with Gasteiger partial charge in [0.2, 0.25) is 5.91 Å². The topological polar surface area (TPSA) is 32.8 Å². The summed E-state index contributed by atoms with van der Waals surface area (Å²) in [5.41, 5.74) is 1.02. The van der Waals surface area contributed by atoms with Gasteiger partial charge in [-0.05, 0) is 37.1 Å². The number of benzene rings is 1. The average molecular weight is 292 g/mol. The maximum Gasteiger partial charge on any atom is 0.228 e. The van der Waals surface area contributed by atoms with Crippen molar-refractivity contribution in [2.75, 3.05) is 44.3 Å². The fourth-order valence-electron chi connectivity index (χ4n) is 3.03. The summed E-state index contributed by atoms with van der Waals surface area (Å²) in [5.74, 6) is 0.0504. The maximum absolute atomic E-state index is 12.9. The number of carbonyl (C=O) groups excluding carboxylic acids is 1. The number of piperazine rings is 1. The molecule has 0 saturated carbocycles. The van der Waals surface area contributed by atoms with Crippen LogP contribution >= 0.6 is 0 Å². The van der Waals surface area contributed by atoms with Gasteiger partial charge < -0.3 is 14.5 Å². The highest BCUT2D eigenvalue weighted by Crippen LogP contribution is 2.20. The van der Waals surface area contributed by atoms with Gasteiger partial charge in [-0.15, -0.1) is 0 Å². The second-order valence-corrected chi connectivity index (χ2v) is 5.70. The number of hydrogen-bond acceptors (Lipinski definition) is 3. The van der Waals surface area contributed by atoms with Crippen LogP contribution in [-0.4, -0.2) is 50.2 Å². The second-order valence-electron chi connectivity index (χ2n) is 5.70. The second kappa shape index (κ2) is 6.43. The number of rotatable bonds is 2. The lowest BCUT2D eigenvalue weighted by molar-refractivity contribution is -0.140. The molecule has 3 rings (SSSR count). The highest BCUT2D eigenvalue weighted by atomic mass is 19.1. The molecule has 4 nitrogen and oxygen atoms in total. The minimum atomic E-state index is -0.218. The lowest BCUT2D eigenvalue weighted by atomic mass is 10.0.